The van der Waals surface area contributed by atoms with Crippen molar-refractivity contribution in [1.29, 1.82) is 0 Å². The molecule has 0 aliphatic carbocycles. The van der Waals surface area contributed by atoms with Gasteiger partial charge in [-0.25, -0.2) is 0 Å². The number of nitrogens with one attached hydrogen (secondary N) is 1. The van der Waals surface area contributed by atoms with Gasteiger partial charge in [-0.15, -0.1) is 0 Å². The van der Waals surface area contributed by atoms with Crippen LogP contribution in [-0.2, 0) is 4.79 Å². The molecule has 0 radical (unpaired) electrons. The average Bonchev–Trinajstić information content (AvgIpc) is 2.74. The number of hydrogen-bond acceptors (Lipinski definition) is 4. The second kappa shape index (κ2) is 5.55. The number of carbonyl (C=O) groups is 1. The molecule has 5 nitrogen and oxygen atoms in total. The fourth-order valence-corrected chi connectivity index (χ4v) is 1.41. The Labute approximate surface area is 109 Å². The first-order chi connectivity index (χ1) is 8.63. The molecule has 94 valence electrons. The van der Waals surface area contributed by atoms with Crippen LogP contribution in [0.2, 0.25) is 5.02 Å². The average molecular weight is 267 g/mol. The minimum Gasteiger partial charge on any atom is -0.484 e. The molecular formula is C12H11ClN2O3. The Morgan fingerprint density at radius 2 is 2.17 bits per heavy atom. The summed E-state index contributed by atoms with van der Waals surface area (Å²) in [5.41, 5.74) is 0. The predicted molar refractivity (Wildman–Crippen MR) is 66.8 cm³/mol. The summed E-state index contributed by atoms with van der Waals surface area (Å²) in [5.74, 6) is 1.27. The van der Waals surface area contributed by atoms with Gasteiger partial charge >= 0.3 is 0 Å². The molecule has 0 spiro atoms. The number of rotatable bonds is 4. The van der Waals surface area contributed by atoms with Crippen LogP contribution in [-0.4, -0.2) is 17.7 Å². The van der Waals surface area contributed by atoms with Crippen molar-refractivity contribution in [2.75, 3.05) is 11.9 Å². The third-order valence-electron chi connectivity index (χ3n) is 2.08. The van der Waals surface area contributed by atoms with E-state index < -0.39 is 0 Å². The number of halogens is 1. The summed E-state index contributed by atoms with van der Waals surface area (Å²) in [6.07, 6.45) is 0. The Morgan fingerprint density at radius 1 is 1.44 bits per heavy atom. The fourth-order valence-electron chi connectivity index (χ4n) is 1.28. The highest BCUT2D eigenvalue weighted by Crippen LogP contribution is 2.15. The molecule has 1 heterocycles. The van der Waals surface area contributed by atoms with E-state index in [1.54, 1.807) is 37.3 Å². The number of aryl methyl sites for hydroxylation is 1. The maximum atomic E-state index is 11.5. The third kappa shape index (κ3) is 3.49. The summed E-state index contributed by atoms with van der Waals surface area (Å²) in [5, 5.41) is 6.81. The Balaban J connectivity index is 1.83. The molecule has 0 aliphatic heterocycles. The SMILES string of the molecule is Cc1cc(NC(=O)COc2ccc(Cl)cc2)no1. The fraction of sp³-hybridized carbons (Fsp3) is 0.167. The molecule has 0 aliphatic rings. The van der Waals surface area contributed by atoms with Crippen molar-refractivity contribution in [1.82, 2.24) is 5.16 Å². The maximum absolute atomic E-state index is 11.5. The van der Waals surface area contributed by atoms with Gasteiger partial charge in [0.15, 0.2) is 12.4 Å². The van der Waals surface area contributed by atoms with Crippen LogP contribution in [0.4, 0.5) is 5.82 Å². The Hall–Kier alpha value is -2.01. The van der Waals surface area contributed by atoms with Crippen LogP contribution in [0.3, 0.4) is 0 Å². The number of aromatic nitrogens is 1. The minimum absolute atomic E-state index is 0.104. The van der Waals surface area contributed by atoms with E-state index in [0.717, 1.165) is 0 Å². The van der Waals surface area contributed by atoms with Gasteiger partial charge in [0.25, 0.3) is 5.91 Å². The van der Waals surface area contributed by atoms with Crippen LogP contribution in [0.5, 0.6) is 5.75 Å². The second-order valence-electron chi connectivity index (χ2n) is 3.61. The van der Waals surface area contributed by atoms with Crippen molar-refractivity contribution in [2.24, 2.45) is 0 Å². The first-order valence-electron chi connectivity index (χ1n) is 5.25. The van der Waals surface area contributed by atoms with Gasteiger partial charge in [0.05, 0.1) is 0 Å². The highest BCUT2D eigenvalue weighted by atomic mass is 35.5. The molecule has 2 rings (SSSR count). The van der Waals surface area contributed by atoms with Crippen LogP contribution in [0.1, 0.15) is 5.76 Å². The third-order valence-corrected chi connectivity index (χ3v) is 2.33. The molecule has 18 heavy (non-hydrogen) atoms. The molecule has 0 bridgehead atoms. The van der Waals surface area contributed by atoms with Gasteiger partial charge in [-0.05, 0) is 31.2 Å². The first-order valence-corrected chi connectivity index (χ1v) is 5.63. The zero-order valence-corrected chi connectivity index (χ0v) is 10.4. The lowest BCUT2D eigenvalue weighted by atomic mass is 10.3. The van der Waals surface area contributed by atoms with Crippen molar-refractivity contribution in [3.05, 3.63) is 41.1 Å². The Bertz CT molecular complexity index is 537. The number of anilines is 1. The molecule has 0 fully saturated rings. The summed E-state index contributed by atoms with van der Waals surface area (Å²) in [4.78, 5) is 11.5. The van der Waals surface area contributed by atoms with E-state index in [-0.39, 0.29) is 12.5 Å². The molecule has 0 saturated carbocycles. The smallest absolute Gasteiger partial charge is 0.263 e. The Kier molecular flexibility index (Phi) is 3.84. The van der Waals surface area contributed by atoms with Crippen LogP contribution in [0.15, 0.2) is 34.9 Å². The second-order valence-corrected chi connectivity index (χ2v) is 4.05. The maximum Gasteiger partial charge on any atom is 0.263 e. The number of nitrogens with zero attached hydrogens (tertiary/aromatic N) is 1. The van der Waals surface area contributed by atoms with E-state index in [1.165, 1.54) is 0 Å². The van der Waals surface area contributed by atoms with Gasteiger partial charge in [0, 0.05) is 11.1 Å². The largest absolute Gasteiger partial charge is 0.484 e. The normalized spacial score (nSPS) is 10.1. The highest BCUT2D eigenvalue weighted by molar-refractivity contribution is 6.30. The lowest BCUT2D eigenvalue weighted by Gasteiger charge is -2.05. The van der Waals surface area contributed by atoms with Gasteiger partial charge in [0.1, 0.15) is 11.5 Å². The zero-order valence-electron chi connectivity index (χ0n) is 9.64. The van der Waals surface area contributed by atoms with Gasteiger partial charge in [-0.3, -0.25) is 4.79 Å². The van der Waals surface area contributed by atoms with Crippen LogP contribution >= 0.6 is 11.6 Å². The van der Waals surface area contributed by atoms with Crippen molar-refractivity contribution < 1.29 is 14.1 Å². The van der Waals surface area contributed by atoms with Crippen molar-refractivity contribution in [3.8, 4) is 5.75 Å². The zero-order chi connectivity index (χ0) is 13.0. The lowest BCUT2D eigenvalue weighted by Crippen LogP contribution is -2.20. The number of hydrogen-bond donors (Lipinski definition) is 1. The minimum atomic E-state index is -0.307. The van der Waals surface area contributed by atoms with Gasteiger partial charge in [0.2, 0.25) is 0 Å². The molecule has 1 N–H and O–H groups in total. The standard InChI is InChI=1S/C12H11ClN2O3/c1-8-6-11(15-18-8)14-12(16)7-17-10-4-2-9(13)3-5-10/h2-6H,7H2,1H3,(H,14,15,16). The predicted octanol–water partition coefficient (Wildman–Crippen LogP) is 2.65. The van der Waals surface area contributed by atoms with E-state index in [2.05, 4.69) is 10.5 Å². The molecule has 6 heteroatoms. The van der Waals surface area contributed by atoms with Crippen molar-refractivity contribution >= 4 is 23.3 Å². The highest BCUT2D eigenvalue weighted by Gasteiger charge is 2.06. The molecule has 2 aromatic rings. The first kappa shape index (κ1) is 12.4. The number of carbonyl (C=O) groups excluding carboxylic acids is 1. The Morgan fingerprint density at radius 3 is 2.78 bits per heavy atom. The number of ether oxygens (including phenoxy) is 1. The lowest BCUT2D eigenvalue weighted by molar-refractivity contribution is -0.118. The summed E-state index contributed by atoms with van der Waals surface area (Å²) < 4.78 is 10.1. The van der Waals surface area contributed by atoms with E-state index in [0.29, 0.717) is 22.4 Å². The summed E-state index contributed by atoms with van der Waals surface area (Å²) in [6, 6.07) is 8.39. The molecule has 1 aromatic carbocycles. The molecule has 0 saturated heterocycles. The number of amides is 1. The van der Waals surface area contributed by atoms with Gasteiger partial charge in [-0.2, -0.15) is 0 Å². The van der Waals surface area contributed by atoms with Crippen LogP contribution in [0.25, 0.3) is 0 Å². The molecule has 0 atom stereocenters. The van der Waals surface area contributed by atoms with Crippen LogP contribution < -0.4 is 10.1 Å². The quantitative estimate of drug-likeness (QED) is 0.924. The van der Waals surface area contributed by atoms with E-state index in [1.807, 2.05) is 0 Å². The van der Waals surface area contributed by atoms with Crippen molar-refractivity contribution in [2.45, 2.75) is 6.92 Å². The molecule has 1 amide bonds. The summed E-state index contributed by atoms with van der Waals surface area (Å²) in [6.45, 7) is 1.64. The molecule has 0 unspecified atom stereocenters. The van der Waals surface area contributed by atoms with E-state index in [4.69, 9.17) is 20.9 Å². The topological polar surface area (TPSA) is 64.4 Å². The van der Waals surface area contributed by atoms with Gasteiger partial charge < -0.3 is 14.6 Å². The van der Waals surface area contributed by atoms with Gasteiger partial charge in [-0.1, -0.05) is 16.8 Å². The summed E-state index contributed by atoms with van der Waals surface area (Å²) >= 11 is 5.73. The van der Waals surface area contributed by atoms with Crippen molar-refractivity contribution in [3.63, 3.8) is 0 Å². The summed E-state index contributed by atoms with van der Waals surface area (Å²) in [7, 11) is 0. The van der Waals surface area contributed by atoms with E-state index >= 15 is 0 Å². The van der Waals surface area contributed by atoms with Crippen LogP contribution in [0, 0.1) is 6.92 Å². The number of benzene rings is 1. The molecular weight excluding hydrogens is 256 g/mol. The monoisotopic (exact) mass is 266 g/mol. The molecule has 1 aromatic heterocycles. The van der Waals surface area contributed by atoms with E-state index in [9.17, 15) is 4.79 Å².